The molecule has 0 spiro atoms. The van der Waals surface area contributed by atoms with Crippen LogP contribution in [0.3, 0.4) is 0 Å². The van der Waals surface area contributed by atoms with Crippen LogP contribution in [0.1, 0.15) is 45.1 Å². The summed E-state index contributed by atoms with van der Waals surface area (Å²) in [4.78, 5) is 27.4. The molecule has 1 aliphatic carbocycles. The van der Waals surface area contributed by atoms with E-state index in [4.69, 9.17) is 0 Å². The number of aromatic nitrogens is 1. The number of rotatable bonds is 4. The van der Waals surface area contributed by atoms with Crippen molar-refractivity contribution < 1.29 is 14.0 Å². The molecule has 0 saturated heterocycles. The minimum absolute atomic E-state index is 0.0504. The Balaban J connectivity index is 1.98. The van der Waals surface area contributed by atoms with Crippen LogP contribution in [0.2, 0.25) is 0 Å². The number of pyridine rings is 1. The number of nitrogens with one attached hydrogen (secondary N) is 2. The van der Waals surface area contributed by atoms with Gasteiger partial charge in [-0.3, -0.25) is 9.59 Å². The van der Waals surface area contributed by atoms with Crippen molar-refractivity contribution in [2.75, 3.05) is 5.32 Å². The van der Waals surface area contributed by atoms with Crippen LogP contribution in [-0.2, 0) is 16.0 Å². The molecule has 0 radical (unpaired) electrons. The monoisotopic (exact) mass is 307 g/mol. The van der Waals surface area contributed by atoms with Gasteiger partial charge in [-0.1, -0.05) is 13.3 Å². The smallest absolute Gasteiger partial charge is 0.228 e. The van der Waals surface area contributed by atoms with Gasteiger partial charge in [-0.25, -0.2) is 9.37 Å². The Morgan fingerprint density at radius 3 is 2.86 bits per heavy atom. The summed E-state index contributed by atoms with van der Waals surface area (Å²) in [6.07, 6.45) is 4.91. The molecule has 2 atom stereocenters. The molecule has 2 unspecified atom stereocenters. The fourth-order valence-corrected chi connectivity index (χ4v) is 2.89. The van der Waals surface area contributed by atoms with E-state index in [1.165, 1.54) is 6.92 Å². The maximum Gasteiger partial charge on any atom is 0.228 e. The number of carbonyl (C=O) groups excluding carboxylic acids is 2. The fraction of sp³-hybridized carbons (Fsp3) is 0.562. The number of nitrogens with zero attached hydrogens (tertiary/aromatic N) is 1. The van der Waals surface area contributed by atoms with Crippen molar-refractivity contribution in [1.82, 2.24) is 10.3 Å². The van der Waals surface area contributed by atoms with Gasteiger partial charge in [0.15, 0.2) is 0 Å². The van der Waals surface area contributed by atoms with Crippen molar-refractivity contribution in [3.63, 3.8) is 0 Å². The lowest BCUT2D eigenvalue weighted by molar-refractivity contribution is -0.123. The first-order valence-corrected chi connectivity index (χ1v) is 7.72. The van der Waals surface area contributed by atoms with E-state index in [1.54, 1.807) is 6.07 Å². The average molecular weight is 307 g/mol. The second-order valence-corrected chi connectivity index (χ2v) is 5.76. The van der Waals surface area contributed by atoms with E-state index >= 15 is 0 Å². The second-order valence-electron chi connectivity index (χ2n) is 5.76. The molecule has 1 aromatic heterocycles. The predicted octanol–water partition coefficient (Wildman–Crippen LogP) is 2.42. The van der Waals surface area contributed by atoms with Crippen molar-refractivity contribution in [3.05, 3.63) is 23.6 Å². The van der Waals surface area contributed by atoms with Crippen LogP contribution >= 0.6 is 0 Å². The molecule has 1 saturated carbocycles. The van der Waals surface area contributed by atoms with Gasteiger partial charge in [0, 0.05) is 18.9 Å². The van der Waals surface area contributed by atoms with Crippen LogP contribution in [0.5, 0.6) is 0 Å². The molecule has 2 rings (SSSR count). The first kappa shape index (κ1) is 16.4. The van der Waals surface area contributed by atoms with Gasteiger partial charge in [0.1, 0.15) is 11.6 Å². The molecule has 120 valence electrons. The third-order valence-electron chi connectivity index (χ3n) is 4.02. The summed E-state index contributed by atoms with van der Waals surface area (Å²) >= 11 is 0. The van der Waals surface area contributed by atoms with E-state index in [0.29, 0.717) is 24.2 Å². The highest BCUT2D eigenvalue weighted by Gasteiger charge is 2.27. The fourth-order valence-electron chi connectivity index (χ4n) is 2.89. The van der Waals surface area contributed by atoms with Crippen molar-refractivity contribution >= 4 is 17.6 Å². The second kappa shape index (κ2) is 7.33. The molecule has 0 aliphatic heterocycles. The SMILES string of the molecule is CCc1cc(NC(=O)C2CCCC(NC(C)=O)C2)ncc1F. The molecule has 1 fully saturated rings. The molecule has 5 nitrogen and oxygen atoms in total. The van der Waals surface area contributed by atoms with Gasteiger partial charge in [-0.15, -0.1) is 0 Å². The van der Waals surface area contributed by atoms with Gasteiger partial charge in [-0.05, 0) is 37.3 Å². The summed E-state index contributed by atoms with van der Waals surface area (Å²) in [5.74, 6) is -0.314. The molecule has 1 aromatic rings. The molecule has 22 heavy (non-hydrogen) atoms. The van der Waals surface area contributed by atoms with Crippen LogP contribution in [-0.4, -0.2) is 22.8 Å². The van der Waals surface area contributed by atoms with Crippen LogP contribution < -0.4 is 10.6 Å². The molecule has 1 heterocycles. The zero-order chi connectivity index (χ0) is 16.1. The van der Waals surface area contributed by atoms with Crippen LogP contribution in [0.25, 0.3) is 0 Å². The Hall–Kier alpha value is -1.98. The van der Waals surface area contributed by atoms with Gasteiger partial charge >= 0.3 is 0 Å². The minimum atomic E-state index is -0.358. The lowest BCUT2D eigenvalue weighted by atomic mass is 9.85. The lowest BCUT2D eigenvalue weighted by Gasteiger charge is -2.28. The summed E-state index contributed by atoms with van der Waals surface area (Å²) in [7, 11) is 0. The van der Waals surface area contributed by atoms with Crippen molar-refractivity contribution in [1.29, 1.82) is 0 Å². The Morgan fingerprint density at radius 2 is 2.18 bits per heavy atom. The quantitative estimate of drug-likeness (QED) is 0.897. The summed E-state index contributed by atoms with van der Waals surface area (Å²) in [6.45, 7) is 3.33. The number of amides is 2. The van der Waals surface area contributed by atoms with E-state index in [0.717, 1.165) is 25.5 Å². The highest BCUT2D eigenvalue weighted by Crippen LogP contribution is 2.25. The Labute approximate surface area is 129 Å². The number of halogens is 1. The first-order valence-electron chi connectivity index (χ1n) is 7.72. The maximum absolute atomic E-state index is 13.4. The highest BCUT2D eigenvalue weighted by atomic mass is 19.1. The van der Waals surface area contributed by atoms with E-state index < -0.39 is 0 Å². The normalized spacial score (nSPS) is 21.2. The average Bonchev–Trinajstić information content (AvgIpc) is 2.48. The number of hydrogen-bond acceptors (Lipinski definition) is 3. The molecular formula is C16H22FN3O2. The third kappa shape index (κ3) is 4.26. The summed E-state index contributed by atoms with van der Waals surface area (Å²) in [6, 6.07) is 1.62. The summed E-state index contributed by atoms with van der Waals surface area (Å²) < 4.78 is 13.4. The number of aryl methyl sites for hydroxylation is 1. The van der Waals surface area contributed by atoms with Gasteiger partial charge in [0.2, 0.25) is 11.8 Å². The van der Waals surface area contributed by atoms with Crippen LogP contribution in [0.15, 0.2) is 12.3 Å². The van der Waals surface area contributed by atoms with Crippen molar-refractivity contribution in [2.45, 2.75) is 52.0 Å². The minimum Gasteiger partial charge on any atom is -0.354 e. The van der Waals surface area contributed by atoms with Crippen LogP contribution in [0, 0.1) is 11.7 Å². The van der Waals surface area contributed by atoms with E-state index in [9.17, 15) is 14.0 Å². The topological polar surface area (TPSA) is 71.1 Å². The number of hydrogen-bond donors (Lipinski definition) is 2. The lowest BCUT2D eigenvalue weighted by Crippen LogP contribution is -2.40. The van der Waals surface area contributed by atoms with Crippen molar-refractivity contribution in [2.24, 2.45) is 5.92 Å². The van der Waals surface area contributed by atoms with Gasteiger partial charge in [0.05, 0.1) is 6.20 Å². The maximum atomic E-state index is 13.4. The Morgan fingerprint density at radius 1 is 1.41 bits per heavy atom. The van der Waals surface area contributed by atoms with Crippen LogP contribution in [0.4, 0.5) is 10.2 Å². The molecule has 6 heteroatoms. The number of anilines is 1. The van der Waals surface area contributed by atoms with Gasteiger partial charge < -0.3 is 10.6 Å². The number of carbonyl (C=O) groups is 2. The van der Waals surface area contributed by atoms with E-state index in [1.807, 2.05) is 6.92 Å². The summed E-state index contributed by atoms with van der Waals surface area (Å²) in [5.41, 5.74) is 0.532. The highest BCUT2D eigenvalue weighted by molar-refractivity contribution is 5.91. The van der Waals surface area contributed by atoms with E-state index in [2.05, 4.69) is 15.6 Å². The molecule has 1 aliphatic rings. The zero-order valence-electron chi connectivity index (χ0n) is 13.0. The molecule has 0 aromatic carbocycles. The summed E-state index contributed by atoms with van der Waals surface area (Å²) in [5, 5.41) is 5.63. The standard InChI is InChI=1S/C16H22FN3O2/c1-3-11-8-15(18-9-14(11)17)20-16(22)12-5-4-6-13(7-12)19-10(2)21/h8-9,12-13H,3-7H2,1-2H3,(H,19,21)(H,18,20,22). The van der Waals surface area contributed by atoms with Crippen molar-refractivity contribution in [3.8, 4) is 0 Å². The van der Waals surface area contributed by atoms with Gasteiger partial charge in [0.25, 0.3) is 0 Å². The zero-order valence-corrected chi connectivity index (χ0v) is 13.0. The first-order chi connectivity index (χ1) is 10.5. The molecule has 2 amide bonds. The largest absolute Gasteiger partial charge is 0.354 e. The predicted molar refractivity (Wildman–Crippen MR) is 81.8 cm³/mol. The Bertz CT molecular complexity index is 562. The van der Waals surface area contributed by atoms with E-state index in [-0.39, 0.29) is 29.6 Å². The molecule has 0 bridgehead atoms. The molecular weight excluding hydrogens is 285 g/mol. The third-order valence-corrected chi connectivity index (χ3v) is 4.02. The molecule has 2 N–H and O–H groups in total. The van der Waals surface area contributed by atoms with Gasteiger partial charge in [-0.2, -0.15) is 0 Å². The Kier molecular flexibility index (Phi) is 5.46.